The van der Waals surface area contributed by atoms with E-state index in [1.54, 1.807) is 0 Å². The van der Waals surface area contributed by atoms with Crippen molar-refractivity contribution in [3.05, 3.63) is 36.5 Å². The van der Waals surface area contributed by atoms with Gasteiger partial charge in [0.2, 0.25) is 0 Å². The number of hydrogen-bond donors (Lipinski definition) is 2. The van der Waals surface area contributed by atoms with Crippen molar-refractivity contribution in [3.8, 4) is 0 Å². The molecule has 1 aromatic rings. The fourth-order valence-electron chi connectivity index (χ4n) is 2.67. The first-order valence-electron chi connectivity index (χ1n) is 8.82. The maximum atomic E-state index is 4.62. The predicted molar refractivity (Wildman–Crippen MR) is 117 cm³/mol. The van der Waals surface area contributed by atoms with Gasteiger partial charge >= 0.3 is 0 Å². The third kappa shape index (κ3) is 7.19. The van der Waals surface area contributed by atoms with Crippen LogP contribution in [0.25, 0.3) is 0 Å². The number of pyridine rings is 1. The first-order valence-corrected chi connectivity index (χ1v) is 8.82. The Morgan fingerprint density at radius 2 is 2.00 bits per heavy atom. The smallest absolute Gasteiger partial charge is 0.191 e. The normalized spacial score (nSPS) is 15.4. The average Bonchev–Trinajstić information content (AvgIpc) is 2.64. The van der Waals surface area contributed by atoms with Gasteiger partial charge in [0.15, 0.2) is 5.96 Å². The Labute approximate surface area is 168 Å². The lowest BCUT2D eigenvalue weighted by Gasteiger charge is -2.34. The fraction of sp³-hybridized carbons (Fsp3) is 0.556. The molecule has 1 fully saturated rings. The van der Waals surface area contributed by atoms with Gasteiger partial charge in [0.05, 0.1) is 6.54 Å². The molecule has 7 heteroatoms. The summed E-state index contributed by atoms with van der Waals surface area (Å²) < 4.78 is 0. The summed E-state index contributed by atoms with van der Waals surface area (Å²) in [7, 11) is 0. The van der Waals surface area contributed by atoms with Crippen LogP contribution in [0.1, 0.15) is 19.4 Å². The van der Waals surface area contributed by atoms with Gasteiger partial charge in [0.25, 0.3) is 0 Å². The number of aliphatic imine (C=N–C) groups is 1. The number of guanidine groups is 1. The van der Waals surface area contributed by atoms with Crippen molar-refractivity contribution in [3.63, 3.8) is 0 Å². The lowest BCUT2D eigenvalue weighted by atomic mass is 10.2. The van der Waals surface area contributed by atoms with Gasteiger partial charge in [-0.3, -0.25) is 0 Å². The van der Waals surface area contributed by atoms with Crippen LogP contribution >= 0.6 is 24.0 Å². The van der Waals surface area contributed by atoms with Crippen molar-refractivity contribution in [2.45, 2.75) is 20.4 Å². The molecule has 1 aliphatic heterocycles. The number of rotatable bonds is 7. The number of anilines is 1. The summed E-state index contributed by atoms with van der Waals surface area (Å²) in [6, 6.07) is 4.23. The standard InChI is InChI=1S/C18H30N6.HI/c1-4-9-20-18(19-5-2)22-15-16-7-8-17(21-14-16)24-12-10-23(6-3)11-13-24;/h4,7-8,14H,1,5-6,9-13,15H2,2-3H3,(H2,19,20,22);1H. The number of aromatic nitrogens is 1. The zero-order valence-electron chi connectivity index (χ0n) is 15.4. The highest BCUT2D eigenvalue weighted by Gasteiger charge is 2.16. The molecule has 0 atom stereocenters. The Hall–Kier alpha value is -1.35. The molecule has 0 aromatic carbocycles. The molecule has 1 aromatic heterocycles. The second-order valence-electron chi connectivity index (χ2n) is 5.81. The third-order valence-corrected chi connectivity index (χ3v) is 4.13. The quantitative estimate of drug-likeness (QED) is 0.284. The van der Waals surface area contributed by atoms with E-state index >= 15 is 0 Å². The van der Waals surface area contributed by atoms with E-state index in [0.29, 0.717) is 13.1 Å². The second kappa shape index (κ2) is 12.1. The number of likely N-dealkylation sites (N-methyl/N-ethyl adjacent to an activating group) is 1. The van der Waals surface area contributed by atoms with Gasteiger partial charge in [-0.25, -0.2) is 9.98 Å². The number of piperazine rings is 1. The van der Waals surface area contributed by atoms with Crippen LogP contribution in [0.3, 0.4) is 0 Å². The molecule has 6 nitrogen and oxygen atoms in total. The summed E-state index contributed by atoms with van der Waals surface area (Å²) in [5.74, 6) is 1.87. The van der Waals surface area contributed by atoms with Crippen molar-refractivity contribution < 1.29 is 0 Å². The van der Waals surface area contributed by atoms with Crippen LogP contribution in [-0.2, 0) is 6.54 Å². The van der Waals surface area contributed by atoms with E-state index in [-0.39, 0.29) is 24.0 Å². The Morgan fingerprint density at radius 3 is 2.56 bits per heavy atom. The zero-order valence-corrected chi connectivity index (χ0v) is 17.7. The van der Waals surface area contributed by atoms with Gasteiger partial charge in [-0.2, -0.15) is 0 Å². The molecule has 2 N–H and O–H groups in total. The van der Waals surface area contributed by atoms with Crippen LogP contribution < -0.4 is 15.5 Å². The molecule has 0 bridgehead atoms. The first kappa shape index (κ1) is 21.7. The molecule has 25 heavy (non-hydrogen) atoms. The van der Waals surface area contributed by atoms with Crippen LogP contribution in [0.15, 0.2) is 36.0 Å². The van der Waals surface area contributed by atoms with E-state index < -0.39 is 0 Å². The van der Waals surface area contributed by atoms with Gasteiger partial charge < -0.3 is 20.4 Å². The Kier molecular flexibility index (Phi) is 10.5. The third-order valence-electron chi connectivity index (χ3n) is 4.13. The maximum Gasteiger partial charge on any atom is 0.191 e. The summed E-state index contributed by atoms with van der Waals surface area (Å²) in [6.45, 7) is 15.6. The molecule has 0 unspecified atom stereocenters. The molecule has 0 aliphatic carbocycles. The molecule has 0 radical (unpaired) electrons. The van der Waals surface area contributed by atoms with Gasteiger partial charge in [-0.05, 0) is 25.1 Å². The fourth-order valence-corrected chi connectivity index (χ4v) is 2.67. The van der Waals surface area contributed by atoms with E-state index in [4.69, 9.17) is 0 Å². The highest BCUT2D eigenvalue weighted by molar-refractivity contribution is 14.0. The molecule has 2 rings (SSSR count). The average molecular weight is 458 g/mol. The summed E-state index contributed by atoms with van der Waals surface area (Å²) in [6.07, 6.45) is 3.75. The van der Waals surface area contributed by atoms with Gasteiger partial charge in [0.1, 0.15) is 5.82 Å². The van der Waals surface area contributed by atoms with E-state index in [1.807, 2.05) is 12.3 Å². The summed E-state index contributed by atoms with van der Waals surface area (Å²) in [5, 5.41) is 6.42. The monoisotopic (exact) mass is 458 g/mol. The molecule has 0 saturated carbocycles. The Balaban J connectivity index is 0.00000312. The molecule has 1 aliphatic rings. The lowest BCUT2D eigenvalue weighted by molar-refractivity contribution is 0.270. The van der Waals surface area contributed by atoms with Crippen molar-refractivity contribution in [2.24, 2.45) is 4.99 Å². The summed E-state index contributed by atoms with van der Waals surface area (Å²) >= 11 is 0. The van der Waals surface area contributed by atoms with Crippen molar-refractivity contribution in [1.82, 2.24) is 20.5 Å². The maximum absolute atomic E-state index is 4.62. The molecule has 140 valence electrons. The van der Waals surface area contributed by atoms with Crippen molar-refractivity contribution in [1.29, 1.82) is 0 Å². The van der Waals surface area contributed by atoms with Crippen molar-refractivity contribution >= 4 is 35.8 Å². The topological polar surface area (TPSA) is 55.8 Å². The molecular weight excluding hydrogens is 427 g/mol. The van der Waals surface area contributed by atoms with Gasteiger partial charge in [0, 0.05) is 45.5 Å². The Morgan fingerprint density at radius 1 is 1.24 bits per heavy atom. The van der Waals surface area contributed by atoms with Gasteiger partial charge in [-0.15, -0.1) is 30.6 Å². The van der Waals surface area contributed by atoms with Crippen LogP contribution in [0.4, 0.5) is 5.82 Å². The minimum absolute atomic E-state index is 0. The second-order valence-corrected chi connectivity index (χ2v) is 5.81. The van der Waals surface area contributed by atoms with Crippen LogP contribution in [-0.4, -0.2) is 61.7 Å². The molecular formula is C18H31IN6. The molecule has 0 amide bonds. The molecule has 0 spiro atoms. The first-order chi connectivity index (χ1) is 11.8. The largest absolute Gasteiger partial charge is 0.357 e. The summed E-state index contributed by atoms with van der Waals surface area (Å²) in [4.78, 5) is 14.0. The highest BCUT2D eigenvalue weighted by atomic mass is 127. The lowest BCUT2D eigenvalue weighted by Crippen LogP contribution is -2.46. The molecule has 2 heterocycles. The number of hydrogen-bond acceptors (Lipinski definition) is 4. The SMILES string of the molecule is C=CCNC(=NCc1ccc(N2CCN(CC)CC2)nc1)NCC.I. The van der Waals surface area contributed by atoms with Gasteiger partial charge in [-0.1, -0.05) is 19.1 Å². The van der Waals surface area contributed by atoms with Crippen LogP contribution in [0, 0.1) is 0 Å². The zero-order chi connectivity index (χ0) is 17.2. The summed E-state index contributed by atoms with van der Waals surface area (Å²) in [5.41, 5.74) is 1.11. The Bertz CT molecular complexity index is 523. The number of nitrogens with zero attached hydrogens (tertiary/aromatic N) is 4. The molecule has 1 saturated heterocycles. The minimum Gasteiger partial charge on any atom is -0.357 e. The van der Waals surface area contributed by atoms with E-state index in [9.17, 15) is 0 Å². The predicted octanol–water partition coefficient (Wildman–Crippen LogP) is 2.08. The number of nitrogens with one attached hydrogen (secondary N) is 2. The van der Waals surface area contributed by atoms with E-state index in [2.05, 4.69) is 63.0 Å². The minimum atomic E-state index is 0. The number of halogens is 1. The van der Waals surface area contributed by atoms with E-state index in [1.165, 1.54) is 0 Å². The van der Waals surface area contributed by atoms with Crippen LogP contribution in [0.2, 0.25) is 0 Å². The highest BCUT2D eigenvalue weighted by Crippen LogP contribution is 2.14. The van der Waals surface area contributed by atoms with Crippen LogP contribution in [0.5, 0.6) is 0 Å². The van der Waals surface area contributed by atoms with E-state index in [0.717, 1.165) is 56.6 Å². The van der Waals surface area contributed by atoms with Crippen molar-refractivity contribution in [2.75, 3.05) is 50.7 Å².